The number of aliphatic carboxylic acids is 1. The molecule has 1 aromatic rings. The minimum absolute atomic E-state index is 0.0398. The van der Waals surface area contributed by atoms with Gasteiger partial charge in [0.1, 0.15) is 18.7 Å². The van der Waals surface area contributed by atoms with Gasteiger partial charge in [-0.15, -0.1) is 0 Å². The first-order chi connectivity index (χ1) is 18.3. The second-order valence-electron chi connectivity index (χ2n) is 12.8. The molecule has 2 fully saturated rings. The molecule has 1 saturated carbocycles. The average molecular weight is 543 g/mol. The zero-order chi connectivity index (χ0) is 28.7. The van der Waals surface area contributed by atoms with Crippen molar-refractivity contribution in [2.75, 3.05) is 19.7 Å². The number of rotatable bonds is 8. The summed E-state index contributed by atoms with van der Waals surface area (Å²) in [4.78, 5) is 53.0. The quantitative estimate of drug-likeness (QED) is 0.399. The van der Waals surface area contributed by atoms with Crippen LogP contribution in [0.15, 0.2) is 24.3 Å². The van der Waals surface area contributed by atoms with Crippen LogP contribution in [0.5, 0.6) is 0 Å². The number of carboxylic acids is 1. The lowest BCUT2D eigenvalue weighted by molar-refractivity contribution is -0.151. The normalized spacial score (nSPS) is 24.7. The van der Waals surface area contributed by atoms with Crippen LogP contribution in [0.2, 0.25) is 0 Å². The monoisotopic (exact) mass is 542 g/mol. The Kier molecular flexibility index (Phi) is 7.87. The molecule has 0 bridgehead atoms. The third-order valence-electron chi connectivity index (χ3n) is 8.90. The minimum Gasteiger partial charge on any atom is -0.480 e. The first-order valence-corrected chi connectivity index (χ1v) is 13.8. The number of carboxylic acid groups (broad SMARTS) is 1. The highest BCUT2D eigenvalue weighted by Gasteiger charge is 2.70. The van der Waals surface area contributed by atoms with Crippen LogP contribution in [0, 0.1) is 28.6 Å². The van der Waals surface area contributed by atoms with Crippen molar-refractivity contribution >= 4 is 24.0 Å². The highest BCUT2D eigenvalue weighted by atomic mass is 16.5. The van der Waals surface area contributed by atoms with Gasteiger partial charge in [-0.25, -0.2) is 14.4 Å². The summed E-state index contributed by atoms with van der Waals surface area (Å²) in [5.41, 5.74) is 1.70. The highest BCUT2D eigenvalue weighted by molar-refractivity contribution is 5.92. The maximum atomic E-state index is 14.0. The molecule has 1 aliphatic heterocycles. The Bertz CT molecular complexity index is 1100. The van der Waals surface area contributed by atoms with E-state index in [1.54, 1.807) is 6.92 Å². The lowest BCUT2D eigenvalue weighted by Crippen LogP contribution is -2.60. The van der Waals surface area contributed by atoms with E-state index in [-0.39, 0.29) is 35.7 Å². The summed E-state index contributed by atoms with van der Waals surface area (Å²) < 4.78 is 5.29. The Hall–Kier alpha value is -3.30. The number of nitrogens with zero attached hydrogens (tertiary/aromatic N) is 1. The number of hydrogen-bond acceptors (Lipinski definition) is 5. The molecular weight excluding hydrogens is 500 g/mol. The van der Waals surface area contributed by atoms with Gasteiger partial charge in [0.25, 0.3) is 0 Å². The Labute approximate surface area is 230 Å². The number of nitrogens with one attached hydrogen (secondary N) is 3. The van der Waals surface area contributed by atoms with Gasteiger partial charge in [0.2, 0.25) is 5.91 Å². The van der Waals surface area contributed by atoms with E-state index in [1.807, 2.05) is 58.9 Å². The van der Waals surface area contributed by atoms with Gasteiger partial charge in [0, 0.05) is 19.0 Å². The summed E-state index contributed by atoms with van der Waals surface area (Å²) in [6.07, 6.45) is 0.653. The van der Waals surface area contributed by atoms with Crippen molar-refractivity contribution in [3.63, 3.8) is 0 Å². The Balaban J connectivity index is 1.52. The fourth-order valence-electron chi connectivity index (χ4n) is 6.39. The fourth-order valence-corrected chi connectivity index (χ4v) is 6.39. The van der Waals surface area contributed by atoms with E-state index in [4.69, 9.17) is 4.74 Å². The molecular formula is C29H42N4O6. The van der Waals surface area contributed by atoms with Gasteiger partial charge < -0.3 is 30.7 Å². The van der Waals surface area contributed by atoms with Crippen LogP contribution in [-0.2, 0) is 27.2 Å². The maximum absolute atomic E-state index is 14.0. The van der Waals surface area contributed by atoms with Gasteiger partial charge >= 0.3 is 18.1 Å². The summed E-state index contributed by atoms with van der Waals surface area (Å²) in [5, 5.41) is 18.4. The van der Waals surface area contributed by atoms with Crippen LogP contribution in [0.4, 0.5) is 9.59 Å². The molecule has 4 amide bonds. The molecule has 2 aliphatic carbocycles. The molecule has 1 heterocycles. The van der Waals surface area contributed by atoms with Crippen LogP contribution in [0.1, 0.15) is 52.7 Å². The zero-order valence-corrected chi connectivity index (χ0v) is 23.7. The summed E-state index contributed by atoms with van der Waals surface area (Å²) in [5.74, 6) is -1.53. The van der Waals surface area contributed by atoms with Crippen LogP contribution in [0.3, 0.4) is 0 Å². The minimum atomic E-state index is -1.00. The van der Waals surface area contributed by atoms with Crippen molar-refractivity contribution < 1.29 is 29.0 Å². The largest absolute Gasteiger partial charge is 0.480 e. The zero-order valence-electron chi connectivity index (χ0n) is 23.7. The number of hydrogen-bond donors (Lipinski definition) is 4. The highest BCUT2D eigenvalue weighted by Crippen LogP contribution is 2.65. The van der Waals surface area contributed by atoms with E-state index in [9.17, 15) is 24.3 Å². The van der Waals surface area contributed by atoms with Crippen molar-refractivity contribution in [1.82, 2.24) is 20.9 Å². The molecule has 1 aromatic carbocycles. The molecule has 4 N–H and O–H groups in total. The first-order valence-electron chi connectivity index (χ1n) is 13.8. The standard InChI is InChI=1S/C29H42N4O6/c1-7-30-27(38)39-15-20(28(2,3)4)31-26(37)32-22(18-12-16-10-8-9-11-17(16)13-18)24(34)33-14-19-21(29(19,5)6)23(33)25(35)36/h8-11,18-23H,7,12-15H2,1-6H3,(H,30,38)(H,35,36)(H2,31,32,37)/t19-,20+,21-,22-,23-/m0/s1. The van der Waals surface area contributed by atoms with Gasteiger partial charge in [-0.2, -0.15) is 0 Å². The van der Waals surface area contributed by atoms with Crippen molar-refractivity contribution in [3.05, 3.63) is 35.4 Å². The van der Waals surface area contributed by atoms with Crippen LogP contribution in [0.25, 0.3) is 0 Å². The second-order valence-corrected chi connectivity index (χ2v) is 12.8. The van der Waals surface area contributed by atoms with Crippen LogP contribution >= 0.6 is 0 Å². The summed E-state index contributed by atoms with van der Waals surface area (Å²) >= 11 is 0. The molecule has 1 saturated heterocycles. The molecule has 214 valence electrons. The Morgan fingerprint density at radius 2 is 1.72 bits per heavy atom. The predicted octanol–water partition coefficient (Wildman–Crippen LogP) is 2.80. The van der Waals surface area contributed by atoms with E-state index in [0.717, 1.165) is 11.1 Å². The third-order valence-corrected chi connectivity index (χ3v) is 8.90. The van der Waals surface area contributed by atoms with Crippen LogP contribution in [-0.4, -0.2) is 71.8 Å². The number of piperidine rings is 1. The lowest BCUT2D eigenvalue weighted by Gasteiger charge is -2.35. The molecule has 10 nitrogen and oxygen atoms in total. The number of urea groups is 1. The van der Waals surface area contributed by atoms with Crippen molar-refractivity contribution in [2.24, 2.45) is 28.6 Å². The molecule has 10 heteroatoms. The summed E-state index contributed by atoms with van der Waals surface area (Å²) in [6.45, 7) is 12.4. The van der Waals surface area contributed by atoms with Crippen molar-refractivity contribution in [3.8, 4) is 0 Å². The van der Waals surface area contributed by atoms with Gasteiger partial charge in [-0.1, -0.05) is 58.9 Å². The Morgan fingerprint density at radius 1 is 1.10 bits per heavy atom. The third kappa shape index (κ3) is 5.84. The average Bonchev–Trinajstić information content (AvgIpc) is 3.22. The molecule has 4 rings (SSSR count). The number of likely N-dealkylation sites (tertiary alicyclic amines) is 1. The maximum Gasteiger partial charge on any atom is 0.407 e. The van der Waals surface area contributed by atoms with E-state index < -0.39 is 41.6 Å². The van der Waals surface area contributed by atoms with Crippen molar-refractivity contribution in [1.29, 1.82) is 0 Å². The lowest BCUT2D eigenvalue weighted by atomic mass is 9.87. The first kappa shape index (κ1) is 28.7. The summed E-state index contributed by atoms with van der Waals surface area (Å²) in [6, 6.07) is 5.09. The predicted molar refractivity (Wildman–Crippen MR) is 145 cm³/mol. The van der Waals surface area contributed by atoms with Crippen molar-refractivity contribution in [2.45, 2.75) is 72.5 Å². The van der Waals surface area contributed by atoms with E-state index in [1.165, 1.54) is 4.90 Å². The van der Waals surface area contributed by atoms with E-state index >= 15 is 0 Å². The SMILES string of the molecule is CCNC(=O)OC[C@@H](NC(=O)N[C@H](C(=O)N1C[C@H]2[C@@H]([C@H]1C(=O)O)C2(C)C)C1Cc2ccccc2C1)C(C)(C)C. The molecule has 0 spiro atoms. The van der Waals surface area contributed by atoms with Gasteiger partial charge in [0.15, 0.2) is 0 Å². The molecule has 5 atom stereocenters. The topological polar surface area (TPSA) is 137 Å². The smallest absolute Gasteiger partial charge is 0.407 e. The number of fused-ring (bicyclic) bond motifs is 2. The van der Waals surface area contributed by atoms with E-state index in [2.05, 4.69) is 16.0 Å². The number of carbonyl (C=O) groups excluding carboxylic acids is 3. The number of benzene rings is 1. The molecule has 3 aliphatic rings. The molecule has 0 radical (unpaired) electrons. The number of ether oxygens (including phenoxy) is 1. The Morgan fingerprint density at radius 3 is 2.26 bits per heavy atom. The molecule has 39 heavy (non-hydrogen) atoms. The number of amides is 4. The second kappa shape index (κ2) is 10.7. The van der Waals surface area contributed by atoms with Gasteiger partial charge in [-0.05, 0) is 53.6 Å². The number of carbonyl (C=O) groups is 4. The molecule has 0 unspecified atom stereocenters. The number of alkyl carbamates (subject to hydrolysis) is 1. The van der Waals surface area contributed by atoms with Crippen LogP contribution < -0.4 is 16.0 Å². The van der Waals surface area contributed by atoms with Gasteiger partial charge in [0.05, 0.1) is 6.04 Å². The molecule has 0 aromatic heterocycles. The van der Waals surface area contributed by atoms with Gasteiger partial charge in [-0.3, -0.25) is 4.79 Å². The summed E-state index contributed by atoms with van der Waals surface area (Å²) in [7, 11) is 0. The fraction of sp³-hybridized carbons (Fsp3) is 0.655. The van der Waals surface area contributed by atoms with E-state index in [0.29, 0.717) is 25.9 Å².